The topological polar surface area (TPSA) is 50.6 Å². The van der Waals surface area contributed by atoms with Crippen LogP contribution in [0, 0.1) is 6.92 Å². The van der Waals surface area contributed by atoms with Crippen LogP contribution >= 0.6 is 11.6 Å². The number of ether oxygens (including phenoxy) is 1. The van der Waals surface area contributed by atoms with Crippen LogP contribution in [-0.2, 0) is 17.8 Å². The van der Waals surface area contributed by atoms with Gasteiger partial charge in [0.15, 0.2) is 0 Å². The van der Waals surface area contributed by atoms with E-state index in [1.165, 1.54) is 0 Å². The minimum absolute atomic E-state index is 0.0190. The van der Waals surface area contributed by atoms with Crippen LogP contribution in [-0.4, -0.2) is 64.7 Å². The van der Waals surface area contributed by atoms with Gasteiger partial charge in [-0.1, -0.05) is 47.5 Å². The third kappa shape index (κ3) is 5.76. The monoisotopic (exact) mass is 452 g/mol. The molecule has 1 aliphatic heterocycles. The van der Waals surface area contributed by atoms with Crippen molar-refractivity contribution in [2.45, 2.75) is 20.0 Å². The molecule has 32 heavy (non-hydrogen) atoms. The Labute approximate surface area is 194 Å². The van der Waals surface area contributed by atoms with Gasteiger partial charge in [0, 0.05) is 49.2 Å². The number of hydrogen-bond acceptors (Lipinski definition) is 4. The zero-order valence-corrected chi connectivity index (χ0v) is 19.2. The summed E-state index contributed by atoms with van der Waals surface area (Å²) in [6, 6.07) is 15.6. The summed E-state index contributed by atoms with van der Waals surface area (Å²) in [4.78, 5) is 22.2. The normalized spacial score (nSPS) is 14.4. The molecule has 1 aliphatic rings. The van der Waals surface area contributed by atoms with E-state index >= 15 is 0 Å². The molecular weight excluding hydrogens is 424 g/mol. The number of morpholine rings is 1. The number of carbonyl (C=O) groups excluding carboxylic acids is 1. The van der Waals surface area contributed by atoms with Crippen molar-refractivity contribution in [3.05, 3.63) is 88.5 Å². The lowest BCUT2D eigenvalue weighted by atomic mass is 10.1. The maximum Gasteiger partial charge on any atom is 0.254 e. The Morgan fingerprint density at radius 3 is 2.62 bits per heavy atom. The average Bonchev–Trinajstić information content (AvgIpc) is 3.25. The van der Waals surface area contributed by atoms with Crippen LogP contribution in [0.4, 0.5) is 0 Å². The summed E-state index contributed by atoms with van der Waals surface area (Å²) >= 11 is 6.36. The highest BCUT2D eigenvalue weighted by Crippen LogP contribution is 2.18. The van der Waals surface area contributed by atoms with E-state index in [4.69, 9.17) is 16.3 Å². The molecule has 1 amide bonds. The second-order valence-electron chi connectivity index (χ2n) is 8.11. The smallest absolute Gasteiger partial charge is 0.254 e. The first-order valence-electron chi connectivity index (χ1n) is 11.0. The fraction of sp³-hybridized carbons (Fsp3) is 0.360. The predicted octanol–water partition coefficient (Wildman–Crippen LogP) is 3.87. The second kappa shape index (κ2) is 10.8. The summed E-state index contributed by atoms with van der Waals surface area (Å²) in [5.74, 6) is 0.859. The number of benzene rings is 2. The van der Waals surface area contributed by atoms with E-state index in [1.54, 1.807) is 6.20 Å². The van der Waals surface area contributed by atoms with Crippen LogP contribution < -0.4 is 0 Å². The molecule has 2 heterocycles. The van der Waals surface area contributed by atoms with Crippen molar-refractivity contribution in [1.29, 1.82) is 0 Å². The fourth-order valence-corrected chi connectivity index (χ4v) is 4.03. The first-order valence-corrected chi connectivity index (χ1v) is 11.4. The molecule has 1 fully saturated rings. The first-order chi connectivity index (χ1) is 15.6. The Morgan fingerprint density at radius 1 is 1.12 bits per heavy atom. The lowest BCUT2D eigenvalue weighted by Crippen LogP contribution is -2.43. The van der Waals surface area contributed by atoms with Gasteiger partial charge in [-0.25, -0.2) is 4.98 Å². The van der Waals surface area contributed by atoms with E-state index < -0.39 is 0 Å². The highest BCUT2D eigenvalue weighted by atomic mass is 35.5. The molecule has 6 nitrogen and oxygen atoms in total. The van der Waals surface area contributed by atoms with Crippen molar-refractivity contribution >= 4 is 17.5 Å². The lowest BCUT2D eigenvalue weighted by molar-refractivity contribution is 0.0318. The lowest BCUT2D eigenvalue weighted by Gasteiger charge is -2.30. The highest BCUT2D eigenvalue weighted by Gasteiger charge is 2.20. The van der Waals surface area contributed by atoms with E-state index in [-0.39, 0.29) is 5.91 Å². The Morgan fingerprint density at radius 2 is 1.88 bits per heavy atom. The summed E-state index contributed by atoms with van der Waals surface area (Å²) in [6.45, 7) is 7.80. The quantitative estimate of drug-likeness (QED) is 0.520. The van der Waals surface area contributed by atoms with Gasteiger partial charge < -0.3 is 14.2 Å². The average molecular weight is 453 g/mol. The van der Waals surface area contributed by atoms with Crippen molar-refractivity contribution in [3.8, 4) is 0 Å². The summed E-state index contributed by atoms with van der Waals surface area (Å²) in [7, 11) is 0. The third-order valence-electron chi connectivity index (χ3n) is 5.81. The molecule has 4 rings (SSSR count). The molecule has 7 heteroatoms. The van der Waals surface area contributed by atoms with Gasteiger partial charge in [0.25, 0.3) is 5.91 Å². The molecule has 0 atom stereocenters. The van der Waals surface area contributed by atoms with Gasteiger partial charge in [-0.3, -0.25) is 9.69 Å². The van der Waals surface area contributed by atoms with Crippen LogP contribution in [0.25, 0.3) is 0 Å². The van der Waals surface area contributed by atoms with Crippen molar-refractivity contribution in [2.75, 3.05) is 39.4 Å². The Bertz CT molecular complexity index is 1030. The fourth-order valence-electron chi connectivity index (χ4n) is 3.83. The molecule has 0 N–H and O–H groups in total. The van der Waals surface area contributed by atoms with E-state index in [2.05, 4.69) is 14.5 Å². The van der Waals surface area contributed by atoms with Gasteiger partial charge in [0.2, 0.25) is 0 Å². The van der Waals surface area contributed by atoms with Gasteiger partial charge in [0.1, 0.15) is 5.82 Å². The van der Waals surface area contributed by atoms with Gasteiger partial charge >= 0.3 is 0 Å². The third-order valence-corrected chi connectivity index (χ3v) is 6.18. The summed E-state index contributed by atoms with van der Waals surface area (Å²) in [5, 5.41) is 0.729. The Kier molecular flexibility index (Phi) is 7.58. The SMILES string of the molecule is Cc1ccc(C(=O)N(CCN2CCOCC2)Cc2nccn2Cc2ccccc2Cl)cc1. The molecule has 3 aromatic rings. The minimum Gasteiger partial charge on any atom is -0.379 e. The van der Waals surface area contributed by atoms with E-state index in [1.807, 2.05) is 66.6 Å². The maximum absolute atomic E-state index is 13.4. The molecule has 168 valence electrons. The number of rotatable bonds is 8. The minimum atomic E-state index is 0.0190. The van der Waals surface area contributed by atoms with Crippen molar-refractivity contribution in [2.24, 2.45) is 0 Å². The second-order valence-corrected chi connectivity index (χ2v) is 8.52. The molecular formula is C25H29ClN4O2. The van der Waals surface area contributed by atoms with Crippen molar-refractivity contribution in [1.82, 2.24) is 19.4 Å². The van der Waals surface area contributed by atoms with E-state index in [0.29, 0.717) is 25.2 Å². The molecule has 0 bridgehead atoms. The molecule has 0 unspecified atom stereocenters. The number of hydrogen-bond donors (Lipinski definition) is 0. The number of imidazole rings is 1. The van der Waals surface area contributed by atoms with Crippen LogP contribution in [0.2, 0.25) is 5.02 Å². The number of amides is 1. The molecule has 0 spiro atoms. The number of aromatic nitrogens is 2. The largest absolute Gasteiger partial charge is 0.379 e. The summed E-state index contributed by atoms with van der Waals surface area (Å²) in [5.41, 5.74) is 2.86. The molecule has 0 saturated carbocycles. The van der Waals surface area contributed by atoms with Crippen LogP contribution in [0.5, 0.6) is 0 Å². The zero-order valence-electron chi connectivity index (χ0n) is 18.4. The number of carbonyl (C=O) groups is 1. The van der Waals surface area contributed by atoms with E-state index in [9.17, 15) is 4.79 Å². The molecule has 1 saturated heterocycles. The van der Waals surface area contributed by atoms with E-state index in [0.717, 1.165) is 54.8 Å². The van der Waals surface area contributed by atoms with Gasteiger partial charge in [-0.05, 0) is 30.7 Å². The van der Waals surface area contributed by atoms with Crippen molar-refractivity contribution in [3.63, 3.8) is 0 Å². The van der Waals surface area contributed by atoms with Gasteiger partial charge in [-0.2, -0.15) is 0 Å². The number of nitrogens with zero attached hydrogens (tertiary/aromatic N) is 4. The molecule has 1 aromatic heterocycles. The molecule has 0 radical (unpaired) electrons. The van der Waals surface area contributed by atoms with Crippen LogP contribution in [0.15, 0.2) is 60.9 Å². The zero-order chi connectivity index (χ0) is 22.3. The predicted molar refractivity (Wildman–Crippen MR) is 126 cm³/mol. The molecule has 0 aliphatic carbocycles. The first kappa shape index (κ1) is 22.5. The molecule has 2 aromatic carbocycles. The Balaban J connectivity index is 1.52. The maximum atomic E-state index is 13.4. The highest BCUT2D eigenvalue weighted by molar-refractivity contribution is 6.31. The number of aryl methyl sites for hydroxylation is 1. The van der Waals surface area contributed by atoms with Gasteiger partial charge in [0.05, 0.1) is 26.3 Å². The summed E-state index contributed by atoms with van der Waals surface area (Å²) in [6.07, 6.45) is 3.72. The van der Waals surface area contributed by atoms with Gasteiger partial charge in [-0.15, -0.1) is 0 Å². The standard InChI is InChI=1S/C25H29ClN4O2/c1-20-6-8-21(9-7-20)25(31)30(13-12-28-14-16-32-17-15-28)19-24-27-10-11-29(24)18-22-4-2-3-5-23(22)26/h2-11H,12-19H2,1H3. The summed E-state index contributed by atoms with van der Waals surface area (Å²) < 4.78 is 7.52. The van der Waals surface area contributed by atoms with Crippen LogP contribution in [0.1, 0.15) is 27.3 Å². The van der Waals surface area contributed by atoms with Crippen molar-refractivity contribution < 1.29 is 9.53 Å². The number of halogens is 1. The Hall–Kier alpha value is -2.67. The van der Waals surface area contributed by atoms with Crippen LogP contribution in [0.3, 0.4) is 0 Å².